The smallest absolute Gasteiger partial charge is 0.226 e. The summed E-state index contributed by atoms with van der Waals surface area (Å²) in [6, 6.07) is 1.88. The van der Waals surface area contributed by atoms with Crippen LogP contribution in [0.2, 0.25) is 0 Å². The molecule has 7 nitrogen and oxygen atoms in total. The fourth-order valence-corrected chi connectivity index (χ4v) is 2.96. The predicted molar refractivity (Wildman–Crippen MR) is 87.8 cm³/mol. The van der Waals surface area contributed by atoms with Crippen molar-refractivity contribution in [3.63, 3.8) is 0 Å². The molecule has 0 saturated carbocycles. The van der Waals surface area contributed by atoms with E-state index >= 15 is 0 Å². The first-order chi connectivity index (χ1) is 11.1. The van der Waals surface area contributed by atoms with Crippen molar-refractivity contribution < 1.29 is 4.79 Å². The molecular weight excluding hydrogens is 312 g/mol. The van der Waals surface area contributed by atoms with Gasteiger partial charge in [0.2, 0.25) is 5.91 Å². The standard InChI is InChI=1S/C15H16N6OS/c1-3-4-7-15(19-20-15)8-5-13(22)18-14-17-11(10-23-14)12-6-9-16-21(12)2/h1,6,9-10H,4-5,7-8H2,2H3,(H,17,18,22). The van der Waals surface area contributed by atoms with E-state index in [2.05, 4.69) is 31.5 Å². The van der Waals surface area contributed by atoms with Gasteiger partial charge >= 0.3 is 0 Å². The fraction of sp³-hybridized carbons (Fsp3) is 0.400. The summed E-state index contributed by atoms with van der Waals surface area (Å²) in [4.78, 5) is 16.5. The van der Waals surface area contributed by atoms with Gasteiger partial charge in [0.05, 0.1) is 5.69 Å². The lowest BCUT2D eigenvalue weighted by molar-refractivity contribution is -0.116. The molecule has 0 aromatic carbocycles. The summed E-state index contributed by atoms with van der Waals surface area (Å²) in [5, 5.41) is 17.4. The van der Waals surface area contributed by atoms with Crippen LogP contribution in [-0.2, 0) is 11.8 Å². The van der Waals surface area contributed by atoms with Gasteiger partial charge in [-0.25, -0.2) is 4.98 Å². The van der Waals surface area contributed by atoms with Gasteiger partial charge < -0.3 is 5.32 Å². The molecular formula is C15H16N6OS. The average molecular weight is 328 g/mol. The van der Waals surface area contributed by atoms with Crippen molar-refractivity contribution in [2.24, 2.45) is 17.3 Å². The third kappa shape index (κ3) is 3.63. The predicted octanol–water partition coefficient (Wildman–Crippen LogP) is 2.84. The monoisotopic (exact) mass is 328 g/mol. The van der Waals surface area contributed by atoms with Gasteiger partial charge in [0, 0.05) is 44.3 Å². The van der Waals surface area contributed by atoms with Gasteiger partial charge in [-0.3, -0.25) is 9.48 Å². The van der Waals surface area contributed by atoms with Crippen molar-refractivity contribution in [1.82, 2.24) is 14.8 Å². The first-order valence-electron chi connectivity index (χ1n) is 7.23. The molecule has 1 aliphatic heterocycles. The average Bonchev–Trinajstić information content (AvgIpc) is 2.93. The Kier molecular flexibility index (Phi) is 4.21. The molecule has 118 valence electrons. The molecule has 1 amide bonds. The maximum absolute atomic E-state index is 12.0. The molecule has 0 radical (unpaired) electrons. The van der Waals surface area contributed by atoms with Crippen LogP contribution in [0.1, 0.15) is 25.7 Å². The normalized spacial score (nSPS) is 14.4. The lowest BCUT2D eigenvalue weighted by Gasteiger charge is -2.07. The highest BCUT2D eigenvalue weighted by Gasteiger charge is 2.39. The molecule has 1 N–H and O–H groups in total. The van der Waals surface area contributed by atoms with E-state index in [0.29, 0.717) is 30.8 Å². The van der Waals surface area contributed by atoms with Crippen LogP contribution in [0.5, 0.6) is 0 Å². The number of thiazole rings is 1. The van der Waals surface area contributed by atoms with Crippen molar-refractivity contribution in [3.05, 3.63) is 17.6 Å². The van der Waals surface area contributed by atoms with Gasteiger partial charge in [-0.2, -0.15) is 15.3 Å². The summed E-state index contributed by atoms with van der Waals surface area (Å²) in [5.41, 5.74) is 1.28. The molecule has 0 spiro atoms. The highest BCUT2D eigenvalue weighted by atomic mass is 32.1. The van der Waals surface area contributed by atoms with Gasteiger partial charge in [0.1, 0.15) is 5.69 Å². The van der Waals surface area contributed by atoms with Gasteiger partial charge in [0.15, 0.2) is 10.8 Å². The van der Waals surface area contributed by atoms with E-state index in [1.807, 2.05) is 18.5 Å². The maximum atomic E-state index is 12.0. The van der Waals surface area contributed by atoms with Crippen molar-refractivity contribution in [2.45, 2.75) is 31.3 Å². The van der Waals surface area contributed by atoms with E-state index in [-0.39, 0.29) is 5.91 Å². The van der Waals surface area contributed by atoms with Gasteiger partial charge in [0.25, 0.3) is 0 Å². The van der Waals surface area contributed by atoms with Gasteiger partial charge in [-0.15, -0.1) is 23.7 Å². The second kappa shape index (κ2) is 6.30. The van der Waals surface area contributed by atoms with Crippen molar-refractivity contribution >= 4 is 22.4 Å². The number of hydrogen-bond acceptors (Lipinski definition) is 6. The molecule has 0 fully saturated rings. The minimum absolute atomic E-state index is 0.0895. The Bertz CT molecular complexity index is 778. The third-order valence-corrected chi connectivity index (χ3v) is 4.40. The number of aromatic nitrogens is 3. The number of nitrogens with one attached hydrogen (secondary N) is 1. The molecule has 0 atom stereocenters. The SMILES string of the molecule is C#CCCC1(CCC(=O)Nc2nc(-c3ccnn3C)cs2)N=N1. The second-order valence-corrected chi connectivity index (χ2v) is 6.17. The van der Waals surface area contributed by atoms with Crippen LogP contribution < -0.4 is 5.32 Å². The summed E-state index contributed by atoms with van der Waals surface area (Å²) in [7, 11) is 1.85. The van der Waals surface area contributed by atoms with Crippen LogP contribution in [0.15, 0.2) is 27.9 Å². The van der Waals surface area contributed by atoms with Crippen molar-refractivity contribution in [1.29, 1.82) is 0 Å². The summed E-state index contributed by atoms with van der Waals surface area (Å²) in [6.07, 6.45) is 9.22. The van der Waals surface area contributed by atoms with Gasteiger partial charge in [-0.05, 0) is 6.07 Å². The Hall–Kier alpha value is -2.53. The van der Waals surface area contributed by atoms with Gasteiger partial charge in [-0.1, -0.05) is 0 Å². The fourth-order valence-electron chi connectivity index (χ4n) is 2.24. The number of carbonyl (C=O) groups is 1. The van der Waals surface area contributed by atoms with E-state index in [1.165, 1.54) is 11.3 Å². The topological polar surface area (TPSA) is 84.5 Å². The molecule has 2 aromatic rings. The summed E-state index contributed by atoms with van der Waals surface area (Å²) in [6.45, 7) is 0. The second-order valence-electron chi connectivity index (χ2n) is 5.31. The van der Waals surface area contributed by atoms with Crippen LogP contribution in [0.3, 0.4) is 0 Å². The summed E-state index contributed by atoms with van der Waals surface area (Å²) < 4.78 is 1.74. The molecule has 3 rings (SSSR count). The number of rotatable bonds is 7. The van der Waals surface area contributed by atoms with E-state index in [1.54, 1.807) is 10.9 Å². The minimum Gasteiger partial charge on any atom is -0.302 e. The quantitative estimate of drug-likeness (QED) is 0.793. The molecule has 8 heteroatoms. The van der Waals surface area contributed by atoms with Crippen LogP contribution >= 0.6 is 11.3 Å². The molecule has 2 aromatic heterocycles. The Morgan fingerprint density at radius 2 is 2.30 bits per heavy atom. The first kappa shape index (κ1) is 15.4. The zero-order chi connectivity index (χ0) is 16.3. The number of nitrogens with zero attached hydrogens (tertiary/aromatic N) is 5. The minimum atomic E-state index is -0.424. The number of aryl methyl sites for hydroxylation is 1. The molecule has 0 bridgehead atoms. The Balaban J connectivity index is 1.52. The third-order valence-electron chi connectivity index (χ3n) is 3.64. The zero-order valence-corrected chi connectivity index (χ0v) is 13.5. The van der Waals surface area contributed by atoms with Crippen molar-refractivity contribution in [3.8, 4) is 23.7 Å². The first-order valence-corrected chi connectivity index (χ1v) is 8.11. The molecule has 0 aliphatic carbocycles. The molecule has 1 aliphatic rings. The Morgan fingerprint density at radius 3 is 2.96 bits per heavy atom. The number of carbonyl (C=O) groups excluding carboxylic acids is 1. The van der Waals surface area contributed by atoms with E-state index in [9.17, 15) is 4.79 Å². The largest absolute Gasteiger partial charge is 0.302 e. The number of amides is 1. The highest BCUT2D eigenvalue weighted by Crippen LogP contribution is 2.37. The van der Waals surface area contributed by atoms with Crippen LogP contribution in [0.4, 0.5) is 5.13 Å². The van der Waals surface area contributed by atoms with Crippen LogP contribution in [0, 0.1) is 12.3 Å². The Labute approximate surface area is 137 Å². The Morgan fingerprint density at radius 1 is 1.48 bits per heavy atom. The molecule has 23 heavy (non-hydrogen) atoms. The van der Waals surface area contributed by atoms with E-state index in [0.717, 1.165) is 11.4 Å². The highest BCUT2D eigenvalue weighted by molar-refractivity contribution is 7.14. The molecule has 3 heterocycles. The van der Waals surface area contributed by atoms with E-state index in [4.69, 9.17) is 6.42 Å². The van der Waals surface area contributed by atoms with E-state index < -0.39 is 5.66 Å². The number of anilines is 1. The zero-order valence-electron chi connectivity index (χ0n) is 12.7. The molecule has 0 unspecified atom stereocenters. The number of hydrogen-bond donors (Lipinski definition) is 1. The molecule has 0 saturated heterocycles. The maximum Gasteiger partial charge on any atom is 0.226 e. The lowest BCUT2D eigenvalue weighted by atomic mass is 10.0. The lowest BCUT2D eigenvalue weighted by Crippen LogP contribution is -2.17. The van der Waals surface area contributed by atoms with Crippen molar-refractivity contribution in [2.75, 3.05) is 5.32 Å². The summed E-state index contributed by atoms with van der Waals surface area (Å²) in [5.74, 6) is 2.49. The van der Waals surface area contributed by atoms with Crippen LogP contribution in [0.25, 0.3) is 11.4 Å². The summed E-state index contributed by atoms with van der Waals surface area (Å²) >= 11 is 1.39. The number of terminal acetylenes is 1. The van der Waals surface area contributed by atoms with Crippen LogP contribution in [-0.4, -0.2) is 26.3 Å².